The van der Waals surface area contributed by atoms with Crippen molar-refractivity contribution >= 4 is 35.0 Å². The fraction of sp³-hybridized carbons (Fsp3) is 0.250. The molecule has 5 nitrogen and oxygen atoms in total. The minimum absolute atomic E-state index is 0.287. The van der Waals surface area contributed by atoms with Crippen molar-refractivity contribution in [2.75, 3.05) is 11.4 Å². The lowest BCUT2D eigenvalue weighted by Crippen LogP contribution is -2.58. The van der Waals surface area contributed by atoms with Gasteiger partial charge >= 0.3 is 0 Å². The van der Waals surface area contributed by atoms with E-state index in [9.17, 15) is 14.4 Å². The van der Waals surface area contributed by atoms with Gasteiger partial charge in [-0.25, -0.2) is 0 Å². The highest BCUT2D eigenvalue weighted by molar-refractivity contribution is 6.30. The van der Waals surface area contributed by atoms with Gasteiger partial charge in [0.05, 0.1) is 11.1 Å². The summed E-state index contributed by atoms with van der Waals surface area (Å²) >= 11 is 6.14. The number of hydrogen-bond acceptors (Lipinski definition) is 3. The lowest BCUT2D eigenvalue weighted by molar-refractivity contribution is -0.120. The number of para-hydroxylation sites is 1. The van der Waals surface area contributed by atoms with Gasteiger partial charge in [-0.05, 0) is 61.7 Å². The third kappa shape index (κ3) is 3.34. The fourth-order valence-corrected chi connectivity index (χ4v) is 5.76. The first-order chi connectivity index (χ1) is 16.1. The molecule has 0 saturated heterocycles. The zero-order valence-electron chi connectivity index (χ0n) is 19.3. The number of rotatable bonds is 3. The summed E-state index contributed by atoms with van der Waals surface area (Å²) in [5, 5.41) is 0.674. The lowest BCUT2D eigenvalue weighted by Gasteiger charge is -2.51. The average Bonchev–Trinajstić information content (AvgIpc) is 3.04. The van der Waals surface area contributed by atoms with E-state index >= 15 is 0 Å². The highest BCUT2D eigenvalue weighted by atomic mass is 35.5. The zero-order valence-corrected chi connectivity index (χ0v) is 20.1. The molecule has 1 atom stereocenters. The Labute approximate surface area is 203 Å². The van der Waals surface area contributed by atoms with E-state index in [1.807, 2.05) is 62.4 Å². The molecule has 6 heteroatoms. The summed E-state index contributed by atoms with van der Waals surface area (Å²) in [4.78, 5) is 42.3. The average molecular weight is 473 g/mol. The van der Waals surface area contributed by atoms with Gasteiger partial charge in [0.15, 0.2) is 0 Å². The maximum Gasteiger partial charge on any atom is 0.262 e. The number of hydrogen-bond donors (Lipinski definition) is 0. The first kappa shape index (κ1) is 22.4. The zero-order chi connectivity index (χ0) is 24.3. The molecule has 0 aliphatic carbocycles. The Bertz CT molecular complexity index is 1300. The first-order valence-corrected chi connectivity index (χ1v) is 11.7. The van der Waals surface area contributed by atoms with Crippen LogP contribution in [0.15, 0.2) is 72.8 Å². The smallest absolute Gasteiger partial charge is 0.262 e. The summed E-state index contributed by atoms with van der Waals surface area (Å²) in [6, 6.07) is 22.4. The number of nitrogens with zero attached hydrogens (tertiary/aromatic N) is 2. The Balaban J connectivity index is 1.53. The number of fused-ring (bicyclic) bond motifs is 2. The third-order valence-corrected chi connectivity index (χ3v) is 7.29. The maximum absolute atomic E-state index is 13.7. The Morgan fingerprint density at radius 2 is 1.41 bits per heavy atom. The predicted octanol–water partition coefficient (Wildman–Crippen LogP) is 5.46. The molecule has 2 aliphatic rings. The normalized spacial score (nSPS) is 20.8. The molecule has 5 rings (SSSR count). The minimum Gasteiger partial charge on any atom is -0.305 e. The van der Waals surface area contributed by atoms with Gasteiger partial charge in [0.2, 0.25) is 5.91 Å². The molecule has 172 valence electrons. The molecule has 0 spiro atoms. The van der Waals surface area contributed by atoms with E-state index < -0.39 is 17.4 Å². The summed E-state index contributed by atoms with van der Waals surface area (Å²) in [5.74, 6) is -1.14. The molecule has 0 unspecified atom stereocenters. The number of halogens is 1. The molecule has 3 aromatic carbocycles. The minimum atomic E-state index is -0.571. The van der Waals surface area contributed by atoms with Crippen molar-refractivity contribution in [1.29, 1.82) is 0 Å². The molecule has 0 radical (unpaired) electrons. The molecular weight excluding hydrogens is 448 g/mol. The van der Waals surface area contributed by atoms with E-state index in [2.05, 4.69) is 6.92 Å². The Morgan fingerprint density at radius 3 is 2.03 bits per heavy atom. The molecule has 34 heavy (non-hydrogen) atoms. The van der Waals surface area contributed by atoms with Crippen LogP contribution >= 0.6 is 11.6 Å². The van der Waals surface area contributed by atoms with E-state index in [-0.39, 0.29) is 17.9 Å². The third-order valence-electron chi connectivity index (χ3n) is 7.03. The van der Waals surface area contributed by atoms with Crippen molar-refractivity contribution in [3.05, 3.63) is 100 Å². The second-order valence-electron chi connectivity index (χ2n) is 9.82. The summed E-state index contributed by atoms with van der Waals surface area (Å²) < 4.78 is 0. The van der Waals surface area contributed by atoms with E-state index in [1.54, 1.807) is 29.2 Å². The van der Waals surface area contributed by atoms with E-state index in [0.717, 1.165) is 21.7 Å². The first-order valence-electron chi connectivity index (χ1n) is 11.3. The number of imide groups is 1. The molecule has 0 fully saturated rings. The van der Waals surface area contributed by atoms with E-state index in [1.165, 1.54) is 0 Å². The summed E-state index contributed by atoms with van der Waals surface area (Å²) in [5.41, 5.74) is 2.69. The van der Waals surface area contributed by atoms with Crippen LogP contribution in [0, 0.1) is 0 Å². The van der Waals surface area contributed by atoms with Crippen molar-refractivity contribution in [3.8, 4) is 0 Å². The van der Waals surface area contributed by atoms with Crippen LogP contribution in [0.3, 0.4) is 0 Å². The van der Waals surface area contributed by atoms with Crippen molar-refractivity contribution in [3.63, 3.8) is 0 Å². The molecule has 0 saturated carbocycles. The van der Waals surface area contributed by atoms with Gasteiger partial charge in [0.25, 0.3) is 11.8 Å². The van der Waals surface area contributed by atoms with Crippen LogP contribution in [-0.4, -0.2) is 34.7 Å². The largest absolute Gasteiger partial charge is 0.305 e. The predicted molar refractivity (Wildman–Crippen MR) is 132 cm³/mol. The Morgan fingerprint density at radius 1 is 0.853 bits per heavy atom. The monoisotopic (exact) mass is 472 g/mol. The lowest BCUT2D eigenvalue weighted by atomic mass is 9.65. The van der Waals surface area contributed by atoms with E-state index in [4.69, 9.17) is 11.6 Å². The summed E-state index contributed by atoms with van der Waals surface area (Å²) in [7, 11) is 0. The number of carbonyl (C=O) groups is 3. The molecule has 3 amide bonds. The molecule has 2 heterocycles. The highest BCUT2D eigenvalue weighted by Crippen LogP contribution is 2.50. The van der Waals surface area contributed by atoms with Gasteiger partial charge in [-0.15, -0.1) is 0 Å². The van der Waals surface area contributed by atoms with Crippen LogP contribution in [0.25, 0.3) is 0 Å². The second-order valence-corrected chi connectivity index (χ2v) is 10.3. The molecule has 0 aromatic heterocycles. The van der Waals surface area contributed by atoms with Crippen LogP contribution in [0.4, 0.5) is 5.69 Å². The molecule has 0 N–H and O–H groups in total. The van der Waals surface area contributed by atoms with Gasteiger partial charge in [-0.2, -0.15) is 0 Å². The highest BCUT2D eigenvalue weighted by Gasteiger charge is 2.48. The van der Waals surface area contributed by atoms with Crippen LogP contribution in [0.1, 0.15) is 59.0 Å². The number of amides is 3. The van der Waals surface area contributed by atoms with E-state index in [0.29, 0.717) is 22.6 Å². The van der Waals surface area contributed by atoms with Crippen LogP contribution in [0.5, 0.6) is 0 Å². The molecule has 3 aromatic rings. The number of benzene rings is 3. The van der Waals surface area contributed by atoms with Crippen molar-refractivity contribution in [2.24, 2.45) is 0 Å². The summed E-state index contributed by atoms with van der Waals surface area (Å²) in [6.07, 6.45) is 0.659. The molecular formula is C28H25ClN2O3. The van der Waals surface area contributed by atoms with Crippen molar-refractivity contribution < 1.29 is 14.4 Å². The fourth-order valence-electron chi connectivity index (χ4n) is 5.64. The molecule has 0 bridgehead atoms. The second kappa shape index (κ2) is 7.81. The van der Waals surface area contributed by atoms with Gasteiger partial charge in [-0.3, -0.25) is 19.3 Å². The van der Waals surface area contributed by atoms with Gasteiger partial charge in [-0.1, -0.05) is 61.0 Å². The van der Waals surface area contributed by atoms with Crippen LogP contribution in [-0.2, 0) is 10.2 Å². The Kier molecular flexibility index (Phi) is 5.14. The maximum atomic E-state index is 13.7. The van der Waals surface area contributed by atoms with Gasteiger partial charge < -0.3 is 4.90 Å². The van der Waals surface area contributed by atoms with Crippen LogP contribution < -0.4 is 4.90 Å². The van der Waals surface area contributed by atoms with Crippen molar-refractivity contribution in [1.82, 2.24) is 4.90 Å². The molecule has 2 aliphatic heterocycles. The van der Waals surface area contributed by atoms with Crippen molar-refractivity contribution in [2.45, 2.75) is 38.1 Å². The van der Waals surface area contributed by atoms with Crippen LogP contribution in [0.2, 0.25) is 5.02 Å². The quantitative estimate of drug-likeness (QED) is 0.476. The SMILES string of the molecule is CC1(C)C[C@@](C)(c2ccc(Cl)cc2)c2ccccc2N1C(=O)CN1C(=O)c2ccccc2C1=O. The van der Waals surface area contributed by atoms with Gasteiger partial charge in [0, 0.05) is 21.7 Å². The standard InChI is InChI=1S/C28H25ClN2O3/c1-27(2)17-28(3,18-12-14-19(29)15-13-18)22-10-6-7-11-23(22)31(27)24(32)16-30-25(33)20-8-4-5-9-21(20)26(30)34/h4-15H,16-17H2,1-3H3/t28-/m0/s1. The Hall–Kier alpha value is -3.44. The number of anilines is 1. The summed E-state index contributed by atoms with van der Waals surface area (Å²) in [6.45, 7) is 5.93. The van der Waals surface area contributed by atoms with Gasteiger partial charge in [0.1, 0.15) is 6.54 Å². The number of carbonyl (C=O) groups excluding carboxylic acids is 3. The topological polar surface area (TPSA) is 57.7 Å².